The number of nitrogens with two attached hydrogens (primary N) is 1. The molecule has 0 amide bonds. The van der Waals surface area contributed by atoms with Crippen LogP contribution in [0.1, 0.15) is 5.56 Å². The Morgan fingerprint density at radius 3 is 2.18 bits per heavy atom. The fourth-order valence-electron chi connectivity index (χ4n) is 1.44. The zero-order valence-electron chi connectivity index (χ0n) is 8.97. The van der Waals surface area contributed by atoms with Crippen molar-refractivity contribution in [3.8, 4) is 11.1 Å². The van der Waals surface area contributed by atoms with Crippen molar-refractivity contribution < 1.29 is 4.39 Å². The summed E-state index contributed by atoms with van der Waals surface area (Å²) >= 11 is 0. The molecule has 2 N–H and O–H groups in total. The van der Waals surface area contributed by atoms with Gasteiger partial charge in [0.15, 0.2) is 0 Å². The molecule has 0 aliphatic heterocycles. The average molecular weight is 275 g/mol. The van der Waals surface area contributed by atoms with Crippen molar-refractivity contribution in [3.63, 3.8) is 0 Å². The molecule has 2 aromatic rings. The van der Waals surface area contributed by atoms with E-state index in [9.17, 15) is 4.39 Å². The first-order valence-electron chi connectivity index (χ1n) is 4.70. The van der Waals surface area contributed by atoms with Gasteiger partial charge in [-0.1, -0.05) is 12.1 Å². The molecule has 0 fully saturated rings. The van der Waals surface area contributed by atoms with Crippen molar-refractivity contribution >= 4 is 24.8 Å². The largest absolute Gasteiger partial charge is 0.326 e. The summed E-state index contributed by atoms with van der Waals surface area (Å²) in [5, 5.41) is 0. The van der Waals surface area contributed by atoms with E-state index in [2.05, 4.69) is 4.98 Å². The van der Waals surface area contributed by atoms with Gasteiger partial charge in [0.1, 0.15) is 5.82 Å². The Morgan fingerprint density at radius 1 is 1.00 bits per heavy atom. The number of halogens is 3. The van der Waals surface area contributed by atoms with Gasteiger partial charge in [-0.3, -0.25) is 4.98 Å². The quantitative estimate of drug-likeness (QED) is 0.914. The van der Waals surface area contributed by atoms with Gasteiger partial charge in [0, 0.05) is 24.5 Å². The molecule has 0 saturated heterocycles. The summed E-state index contributed by atoms with van der Waals surface area (Å²) in [6, 6.07) is 8.76. The van der Waals surface area contributed by atoms with Crippen molar-refractivity contribution in [1.82, 2.24) is 4.98 Å². The van der Waals surface area contributed by atoms with E-state index in [1.165, 1.54) is 6.07 Å². The van der Waals surface area contributed by atoms with Crippen molar-refractivity contribution in [1.29, 1.82) is 0 Å². The van der Waals surface area contributed by atoms with E-state index in [0.717, 1.165) is 11.1 Å². The normalized spacial score (nSPS) is 9.06. The zero-order valence-corrected chi connectivity index (χ0v) is 10.6. The van der Waals surface area contributed by atoms with Gasteiger partial charge in [0.2, 0.25) is 0 Å². The van der Waals surface area contributed by atoms with Crippen LogP contribution in [0, 0.1) is 5.82 Å². The Morgan fingerprint density at radius 2 is 1.65 bits per heavy atom. The summed E-state index contributed by atoms with van der Waals surface area (Å²) in [6.07, 6.45) is 3.37. The molecule has 5 heteroatoms. The molecule has 0 spiro atoms. The number of pyridine rings is 1. The number of nitrogens with zero attached hydrogens (tertiary/aromatic N) is 1. The summed E-state index contributed by atoms with van der Waals surface area (Å²) in [5.41, 5.74) is 7.72. The van der Waals surface area contributed by atoms with Crippen LogP contribution in [0.3, 0.4) is 0 Å². The maximum Gasteiger partial charge on any atom is 0.128 e. The third kappa shape index (κ3) is 3.66. The van der Waals surface area contributed by atoms with E-state index in [1.807, 2.05) is 18.2 Å². The first-order valence-corrected chi connectivity index (χ1v) is 4.70. The summed E-state index contributed by atoms with van der Waals surface area (Å²) in [7, 11) is 0. The Labute approximate surface area is 112 Å². The minimum atomic E-state index is -0.258. The molecule has 0 atom stereocenters. The lowest BCUT2D eigenvalue weighted by atomic mass is 10.0. The molecule has 1 heterocycles. The van der Waals surface area contributed by atoms with E-state index >= 15 is 0 Å². The number of hydrogen-bond acceptors (Lipinski definition) is 2. The van der Waals surface area contributed by atoms with Crippen LogP contribution in [0.5, 0.6) is 0 Å². The molecule has 1 aromatic heterocycles. The van der Waals surface area contributed by atoms with Gasteiger partial charge in [-0.2, -0.15) is 0 Å². The van der Waals surface area contributed by atoms with Gasteiger partial charge in [-0.15, -0.1) is 24.8 Å². The Bertz CT molecular complexity index is 463. The average Bonchev–Trinajstić information content (AvgIpc) is 2.30. The highest BCUT2D eigenvalue weighted by Crippen LogP contribution is 2.20. The summed E-state index contributed by atoms with van der Waals surface area (Å²) < 4.78 is 13.4. The first-order chi connectivity index (χ1) is 7.31. The Balaban J connectivity index is 0.00000128. The monoisotopic (exact) mass is 274 g/mol. The van der Waals surface area contributed by atoms with Gasteiger partial charge >= 0.3 is 0 Å². The van der Waals surface area contributed by atoms with Gasteiger partial charge in [0.25, 0.3) is 0 Å². The van der Waals surface area contributed by atoms with Crippen molar-refractivity contribution in [2.75, 3.05) is 0 Å². The van der Waals surface area contributed by atoms with Crippen LogP contribution in [-0.2, 0) is 6.54 Å². The summed E-state index contributed by atoms with van der Waals surface area (Å²) in [5.74, 6) is -0.258. The van der Waals surface area contributed by atoms with Gasteiger partial charge in [-0.25, -0.2) is 4.39 Å². The van der Waals surface area contributed by atoms with Crippen LogP contribution >= 0.6 is 24.8 Å². The molecule has 1 aromatic carbocycles. The van der Waals surface area contributed by atoms with E-state index in [4.69, 9.17) is 5.73 Å². The third-order valence-corrected chi connectivity index (χ3v) is 2.29. The lowest BCUT2D eigenvalue weighted by Crippen LogP contribution is -1.99. The topological polar surface area (TPSA) is 38.9 Å². The lowest BCUT2D eigenvalue weighted by molar-refractivity contribution is 0.611. The molecule has 0 bridgehead atoms. The van der Waals surface area contributed by atoms with E-state index in [0.29, 0.717) is 5.56 Å². The number of aromatic nitrogens is 1. The smallest absolute Gasteiger partial charge is 0.128 e. The third-order valence-electron chi connectivity index (χ3n) is 2.29. The zero-order chi connectivity index (χ0) is 10.7. The molecule has 0 aliphatic rings. The fourth-order valence-corrected chi connectivity index (χ4v) is 1.44. The van der Waals surface area contributed by atoms with Crippen LogP contribution in [0.15, 0.2) is 42.7 Å². The van der Waals surface area contributed by atoms with Crippen LogP contribution in [0.25, 0.3) is 11.1 Å². The highest BCUT2D eigenvalue weighted by molar-refractivity contribution is 5.85. The van der Waals surface area contributed by atoms with Crippen LogP contribution in [-0.4, -0.2) is 4.98 Å². The molecule has 92 valence electrons. The predicted octanol–water partition coefficient (Wildman–Crippen LogP) is 3.19. The molecule has 0 unspecified atom stereocenters. The second-order valence-electron chi connectivity index (χ2n) is 3.25. The molecule has 0 radical (unpaired) electrons. The molecule has 2 nitrogen and oxygen atoms in total. The van der Waals surface area contributed by atoms with Gasteiger partial charge in [0.05, 0.1) is 0 Å². The highest BCUT2D eigenvalue weighted by atomic mass is 35.5. The first kappa shape index (κ1) is 15.8. The van der Waals surface area contributed by atoms with Gasteiger partial charge < -0.3 is 5.73 Å². The van der Waals surface area contributed by atoms with Crippen molar-refractivity contribution in [3.05, 3.63) is 54.1 Å². The lowest BCUT2D eigenvalue weighted by Gasteiger charge is -2.04. The fraction of sp³-hybridized carbons (Fsp3) is 0.0833. The number of hydrogen-bond donors (Lipinski definition) is 1. The van der Waals surface area contributed by atoms with Gasteiger partial charge in [-0.05, 0) is 29.3 Å². The highest BCUT2D eigenvalue weighted by Gasteiger charge is 2.03. The molecule has 17 heavy (non-hydrogen) atoms. The summed E-state index contributed by atoms with van der Waals surface area (Å²) in [6.45, 7) is 0.225. The predicted molar refractivity (Wildman–Crippen MR) is 72.0 cm³/mol. The standard InChI is InChI=1S/C12H11FN2.2ClH/c13-12-7-10(1-2-11(12)8-14)9-3-5-15-6-4-9;;/h1-7H,8,14H2;2*1H. The maximum atomic E-state index is 13.4. The number of rotatable bonds is 2. The molecular weight excluding hydrogens is 262 g/mol. The minimum Gasteiger partial charge on any atom is -0.326 e. The van der Waals surface area contributed by atoms with Crippen LogP contribution in [0.2, 0.25) is 0 Å². The van der Waals surface area contributed by atoms with E-state index < -0.39 is 0 Å². The second kappa shape index (κ2) is 7.22. The van der Waals surface area contributed by atoms with Crippen LogP contribution in [0.4, 0.5) is 4.39 Å². The SMILES string of the molecule is Cl.Cl.NCc1ccc(-c2ccncc2)cc1F. The molecule has 0 saturated carbocycles. The van der Waals surface area contributed by atoms with E-state index in [-0.39, 0.29) is 37.2 Å². The second-order valence-corrected chi connectivity index (χ2v) is 3.25. The minimum absolute atomic E-state index is 0. The molecular formula is C12H13Cl2FN2. The van der Waals surface area contributed by atoms with Crippen molar-refractivity contribution in [2.24, 2.45) is 5.73 Å². The Kier molecular flexibility index (Phi) is 6.73. The summed E-state index contributed by atoms with van der Waals surface area (Å²) in [4.78, 5) is 3.91. The Hall–Kier alpha value is -1.16. The van der Waals surface area contributed by atoms with Crippen LogP contribution < -0.4 is 5.73 Å². The van der Waals surface area contributed by atoms with Crippen molar-refractivity contribution in [2.45, 2.75) is 6.54 Å². The van der Waals surface area contributed by atoms with E-state index in [1.54, 1.807) is 18.5 Å². The maximum absolute atomic E-state index is 13.4. The number of benzene rings is 1. The molecule has 0 aliphatic carbocycles. The molecule has 2 rings (SSSR count).